The molecule has 0 bridgehead atoms. The first kappa shape index (κ1) is 40.6. The van der Waals surface area contributed by atoms with E-state index >= 15 is 0 Å². The summed E-state index contributed by atoms with van der Waals surface area (Å²) >= 11 is 0. The van der Waals surface area contributed by atoms with Crippen LogP contribution >= 0.6 is 0 Å². The van der Waals surface area contributed by atoms with Crippen LogP contribution in [0.2, 0.25) is 0 Å². The minimum atomic E-state index is -0.815. The van der Waals surface area contributed by atoms with Crippen LogP contribution in [0.15, 0.2) is 6.20 Å². The van der Waals surface area contributed by atoms with Crippen molar-refractivity contribution in [3.8, 4) is 0 Å². The molecule has 0 spiro atoms. The third-order valence-corrected chi connectivity index (χ3v) is 9.13. The molecule has 1 aromatic heterocycles. The lowest BCUT2D eigenvalue weighted by molar-refractivity contribution is -0.151. The van der Waals surface area contributed by atoms with Crippen molar-refractivity contribution >= 4 is 5.97 Å². The average molecular weight is 620 g/mol. The molecule has 258 valence electrons. The molecular formula is C38H73N3O3. The Balaban J connectivity index is 2.19. The summed E-state index contributed by atoms with van der Waals surface area (Å²) in [5.41, 5.74) is 0.895. The number of esters is 1. The molecule has 44 heavy (non-hydrogen) atoms. The first-order valence-corrected chi connectivity index (χ1v) is 19.4. The van der Waals surface area contributed by atoms with Gasteiger partial charge in [-0.3, -0.25) is 0 Å². The molecule has 0 unspecified atom stereocenters. The second-order valence-corrected chi connectivity index (χ2v) is 13.3. The minimum absolute atomic E-state index is 0.293. The molecule has 0 aliphatic carbocycles. The number of hydrogen-bond acceptors (Lipinski definition) is 5. The second-order valence-electron chi connectivity index (χ2n) is 13.3. The Bertz CT molecular complexity index is 753. The van der Waals surface area contributed by atoms with Crippen LogP contribution in [0.25, 0.3) is 0 Å². The van der Waals surface area contributed by atoms with Crippen LogP contribution in [-0.4, -0.2) is 38.8 Å². The average Bonchev–Trinajstić information content (AvgIpc) is 3.48. The summed E-state index contributed by atoms with van der Waals surface area (Å²) < 4.78 is 6.85. The zero-order valence-electron chi connectivity index (χ0n) is 29.6. The smallest absolute Gasteiger partial charge is 0.333 e. The number of aryl methyl sites for hydroxylation is 1. The Morgan fingerprint density at radius 2 is 1.02 bits per heavy atom. The standard InChI is InChI=1S/C38H73N3O3/c1-4-7-9-11-13-15-17-19-21-22-24-26-28-30-32-35-34-41(40-39-35)37(38(43)44-6-3)36(42)33-31-29-27-25-23-20-18-16-14-12-10-8-5-2/h34,36-37,42H,4-33H2,1-3H3/t36-,37-/m0/s1. The molecule has 0 aliphatic heterocycles. The maximum atomic E-state index is 12.8. The summed E-state index contributed by atoms with van der Waals surface area (Å²) in [6.45, 7) is 6.65. The molecule has 1 N–H and O–H groups in total. The lowest BCUT2D eigenvalue weighted by atomic mass is 10.0. The van der Waals surface area contributed by atoms with E-state index in [4.69, 9.17) is 4.74 Å². The van der Waals surface area contributed by atoms with Gasteiger partial charge in [0.1, 0.15) is 0 Å². The van der Waals surface area contributed by atoms with Crippen LogP contribution < -0.4 is 0 Å². The van der Waals surface area contributed by atoms with Crippen LogP contribution in [0.4, 0.5) is 0 Å². The van der Waals surface area contributed by atoms with E-state index in [1.165, 1.54) is 154 Å². The molecule has 0 aromatic carbocycles. The summed E-state index contributed by atoms with van der Waals surface area (Å²) in [6.07, 6.45) is 38.0. The van der Waals surface area contributed by atoms with Crippen molar-refractivity contribution in [2.24, 2.45) is 0 Å². The van der Waals surface area contributed by atoms with E-state index in [2.05, 4.69) is 24.2 Å². The molecule has 2 atom stereocenters. The molecule has 1 heterocycles. The molecule has 0 radical (unpaired) electrons. The first-order chi connectivity index (χ1) is 21.6. The number of aromatic nitrogens is 3. The molecule has 6 nitrogen and oxygen atoms in total. The van der Waals surface area contributed by atoms with E-state index in [9.17, 15) is 9.90 Å². The quantitative estimate of drug-likeness (QED) is 0.0625. The van der Waals surface area contributed by atoms with Gasteiger partial charge in [0.15, 0.2) is 6.04 Å². The number of hydrogen-bond donors (Lipinski definition) is 1. The summed E-state index contributed by atoms with van der Waals surface area (Å²) in [7, 11) is 0. The fourth-order valence-electron chi connectivity index (χ4n) is 6.26. The molecule has 6 heteroatoms. The third-order valence-electron chi connectivity index (χ3n) is 9.13. The van der Waals surface area contributed by atoms with Crippen LogP contribution in [-0.2, 0) is 16.0 Å². The molecule has 0 fully saturated rings. The Hall–Kier alpha value is -1.43. The van der Waals surface area contributed by atoms with Gasteiger partial charge in [-0.1, -0.05) is 186 Å². The van der Waals surface area contributed by atoms with E-state index < -0.39 is 18.1 Å². The highest BCUT2D eigenvalue weighted by Gasteiger charge is 2.31. The summed E-state index contributed by atoms with van der Waals surface area (Å²) in [5.74, 6) is -0.414. The normalized spacial score (nSPS) is 12.9. The Morgan fingerprint density at radius 1 is 0.636 bits per heavy atom. The fraction of sp³-hybridized carbons (Fsp3) is 0.921. The molecule has 1 aromatic rings. The molecule has 0 amide bonds. The highest BCUT2D eigenvalue weighted by molar-refractivity contribution is 5.74. The summed E-state index contributed by atoms with van der Waals surface area (Å²) in [5, 5.41) is 19.5. The zero-order chi connectivity index (χ0) is 31.9. The van der Waals surface area contributed by atoms with Gasteiger partial charge >= 0.3 is 5.97 Å². The number of carbonyl (C=O) groups excluding carboxylic acids is 1. The van der Waals surface area contributed by atoms with E-state index in [0.717, 1.165) is 31.4 Å². The number of ether oxygens (including phenoxy) is 1. The van der Waals surface area contributed by atoms with Crippen LogP contribution in [0.1, 0.15) is 212 Å². The van der Waals surface area contributed by atoms with Gasteiger partial charge in [-0.25, -0.2) is 9.48 Å². The lowest BCUT2D eigenvalue weighted by Crippen LogP contribution is -2.33. The van der Waals surface area contributed by atoms with Gasteiger partial charge in [-0.2, -0.15) is 0 Å². The number of aliphatic hydroxyl groups is 1. The number of nitrogens with zero attached hydrogens (tertiary/aromatic N) is 3. The number of carbonyl (C=O) groups is 1. The Kier molecular flexibility index (Phi) is 27.9. The highest BCUT2D eigenvalue weighted by Crippen LogP contribution is 2.21. The SMILES string of the molecule is CCCCCCCCCCCCCCCCc1cn([C@H](C(=O)OCC)[C@@H](O)CCCCCCCCCCCCCCC)nn1. The summed E-state index contributed by atoms with van der Waals surface area (Å²) in [4.78, 5) is 12.8. The van der Waals surface area contributed by atoms with E-state index in [0.29, 0.717) is 13.0 Å². The van der Waals surface area contributed by atoms with Crippen LogP contribution in [0.5, 0.6) is 0 Å². The van der Waals surface area contributed by atoms with Gasteiger partial charge in [0.25, 0.3) is 0 Å². The Labute approximate surface area is 272 Å². The molecular weight excluding hydrogens is 546 g/mol. The van der Waals surface area contributed by atoms with Crippen molar-refractivity contribution in [2.45, 2.75) is 219 Å². The van der Waals surface area contributed by atoms with Gasteiger partial charge in [-0.05, 0) is 26.2 Å². The Morgan fingerprint density at radius 3 is 1.43 bits per heavy atom. The van der Waals surface area contributed by atoms with Crippen LogP contribution in [0.3, 0.4) is 0 Å². The third kappa shape index (κ3) is 22.1. The van der Waals surface area contributed by atoms with Crippen molar-refractivity contribution < 1.29 is 14.6 Å². The molecule has 0 saturated heterocycles. The zero-order valence-corrected chi connectivity index (χ0v) is 29.6. The lowest BCUT2D eigenvalue weighted by Gasteiger charge is -2.21. The maximum Gasteiger partial charge on any atom is 0.333 e. The van der Waals surface area contributed by atoms with Crippen LogP contribution in [0, 0.1) is 0 Å². The first-order valence-electron chi connectivity index (χ1n) is 19.4. The fourth-order valence-corrected chi connectivity index (χ4v) is 6.26. The number of rotatable bonds is 33. The predicted octanol–water partition coefficient (Wildman–Crippen LogP) is 11.2. The monoisotopic (exact) mass is 620 g/mol. The van der Waals surface area contributed by atoms with E-state index in [-0.39, 0.29) is 0 Å². The molecule has 0 aliphatic rings. The van der Waals surface area contributed by atoms with Crippen molar-refractivity contribution in [3.05, 3.63) is 11.9 Å². The summed E-state index contributed by atoms with van der Waals surface area (Å²) in [6, 6.07) is -0.815. The van der Waals surface area contributed by atoms with Gasteiger partial charge in [0.05, 0.1) is 18.4 Å². The van der Waals surface area contributed by atoms with Gasteiger partial charge < -0.3 is 9.84 Å². The van der Waals surface area contributed by atoms with Crippen molar-refractivity contribution in [1.29, 1.82) is 0 Å². The molecule has 1 rings (SSSR count). The predicted molar refractivity (Wildman–Crippen MR) is 186 cm³/mol. The minimum Gasteiger partial charge on any atom is -0.464 e. The highest BCUT2D eigenvalue weighted by atomic mass is 16.5. The van der Waals surface area contributed by atoms with Crippen molar-refractivity contribution in [1.82, 2.24) is 15.0 Å². The molecule has 0 saturated carbocycles. The number of unbranched alkanes of at least 4 members (excludes halogenated alkanes) is 25. The van der Waals surface area contributed by atoms with Gasteiger partial charge in [0, 0.05) is 6.20 Å². The van der Waals surface area contributed by atoms with Crippen molar-refractivity contribution in [3.63, 3.8) is 0 Å². The maximum absolute atomic E-state index is 12.8. The topological polar surface area (TPSA) is 77.2 Å². The van der Waals surface area contributed by atoms with E-state index in [1.54, 1.807) is 11.6 Å². The second kappa shape index (κ2) is 30.2. The largest absolute Gasteiger partial charge is 0.464 e. The van der Waals surface area contributed by atoms with Gasteiger partial charge in [0.2, 0.25) is 0 Å². The van der Waals surface area contributed by atoms with Gasteiger partial charge in [-0.15, -0.1) is 5.10 Å². The number of aliphatic hydroxyl groups excluding tert-OH is 1. The van der Waals surface area contributed by atoms with Crippen molar-refractivity contribution in [2.75, 3.05) is 6.61 Å². The van der Waals surface area contributed by atoms with E-state index in [1.807, 2.05) is 6.20 Å².